The lowest BCUT2D eigenvalue weighted by Gasteiger charge is -2.23. The van der Waals surface area contributed by atoms with Crippen molar-refractivity contribution in [1.29, 1.82) is 0 Å². The zero-order valence-corrected chi connectivity index (χ0v) is 10.8. The largest absolute Gasteiger partial charge is 0.317 e. The Balaban J connectivity index is 3.31. The van der Waals surface area contributed by atoms with Gasteiger partial charge >= 0.3 is 0 Å². The fourth-order valence-corrected chi connectivity index (χ4v) is 1.92. The molecule has 1 heteroatoms. The summed E-state index contributed by atoms with van der Waals surface area (Å²) in [6.07, 6.45) is 5.27. The van der Waals surface area contributed by atoms with Gasteiger partial charge in [-0.1, -0.05) is 41.0 Å². The first-order chi connectivity index (χ1) is 6.45. The highest BCUT2D eigenvalue weighted by atomic mass is 14.8. The van der Waals surface area contributed by atoms with Gasteiger partial charge < -0.3 is 5.32 Å². The van der Waals surface area contributed by atoms with Crippen LogP contribution in [-0.4, -0.2) is 13.1 Å². The van der Waals surface area contributed by atoms with E-state index >= 15 is 0 Å². The highest BCUT2D eigenvalue weighted by molar-refractivity contribution is 4.67. The van der Waals surface area contributed by atoms with Crippen molar-refractivity contribution in [3.8, 4) is 0 Å². The molecule has 0 amide bonds. The Morgan fingerprint density at radius 2 is 1.79 bits per heavy atom. The first-order valence-electron chi connectivity index (χ1n) is 6.16. The van der Waals surface area contributed by atoms with Crippen LogP contribution in [0, 0.1) is 11.3 Å². The van der Waals surface area contributed by atoms with Crippen LogP contribution in [0.5, 0.6) is 0 Å². The summed E-state index contributed by atoms with van der Waals surface area (Å²) in [7, 11) is 0. The van der Waals surface area contributed by atoms with Gasteiger partial charge in [-0.05, 0) is 43.7 Å². The fourth-order valence-electron chi connectivity index (χ4n) is 1.92. The minimum absolute atomic E-state index is 0.489. The van der Waals surface area contributed by atoms with Crippen molar-refractivity contribution in [2.75, 3.05) is 13.1 Å². The molecule has 86 valence electrons. The average molecular weight is 199 g/mol. The van der Waals surface area contributed by atoms with Gasteiger partial charge in [0.25, 0.3) is 0 Å². The average Bonchev–Trinajstić information content (AvgIpc) is 2.00. The summed E-state index contributed by atoms with van der Waals surface area (Å²) in [6, 6.07) is 0. The maximum Gasteiger partial charge on any atom is -0.00464 e. The van der Waals surface area contributed by atoms with Crippen LogP contribution >= 0.6 is 0 Å². The molecule has 0 saturated carbocycles. The molecule has 0 rings (SSSR count). The monoisotopic (exact) mass is 199 g/mol. The van der Waals surface area contributed by atoms with E-state index in [0.717, 1.165) is 5.92 Å². The van der Waals surface area contributed by atoms with E-state index in [1.807, 2.05) is 0 Å². The van der Waals surface area contributed by atoms with Gasteiger partial charge in [0.05, 0.1) is 0 Å². The quantitative estimate of drug-likeness (QED) is 0.614. The van der Waals surface area contributed by atoms with Gasteiger partial charge in [0.1, 0.15) is 0 Å². The molecular formula is C13H29N. The first-order valence-corrected chi connectivity index (χ1v) is 6.16. The molecule has 1 N–H and O–H groups in total. The third-order valence-electron chi connectivity index (χ3n) is 2.48. The van der Waals surface area contributed by atoms with Crippen LogP contribution in [0.1, 0.15) is 60.3 Å². The second kappa shape index (κ2) is 7.28. The van der Waals surface area contributed by atoms with Crippen LogP contribution in [-0.2, 0) is 0 Å². The van der Waals surface area contributed by atoms with Gasteiger partial charge in [-0.25, -0.2) is 0 Å². The molecule has 0 fully saturated rings. The van der Waals surface area contributed by atoms with E-state index in [2.05, 4.69) is 39.9 Å². The van der Waals surface area contributed by atoms with Crippen LogP contribution in [0.2, 0.25) is 0 Å². The normalized spacial score (nSPS) is 14.4. The summed E-state index contributed by atoms with van der Waals surface area (Å²) in [5.74, 6) is 0.851. The Hall–Kier alpha value is -0.0400. The fraction of sp³-hybridized carbons (Fsp3) is 1.00. The van der Waals surface area contributed by atoms with Crippen LogP contribution in [0.3, 0.4) is 0 Å². The number of hydrogen-bond acceptors (Lipinski definition) is 1. The Kier molecular flexibility index (Phi) is 7.26. The van der Waals surface area contributed by atoms with E-state index in [1.54, 1.807) is 0 Å². The van der Waals surface area contributed by atoms with Crippen LogP contribution in [0.25, 0.3) is 0 Å². The maximum absolute atomic E-state index is 3.50. The Morgan fingerprint density at radius 3 is 2.29 bits per heavy atom. The molecule has 0 aromatic carbocycles. The maximum atomic E-state index is 3.50. The Labute approximate surface area is 90.7 Å². The molecule has 0 radical (unpaired) electrons. The molecule has 0 aliphatic carbocycles. The van der Waals surface area contributed by atoms with Crippen LogP contribution in [0.4, 0.5) is 0 Å². The summed E-state index contributed by atoms with van der Waals surface area (Å²) in [5, 5.41) is 3.50. The predicted octanol–water partition coefficient (Wildman–Crippen LogP) is 3.84. The molecule has 1 unspecified atom stereocenters. The van der Waals surface area contributed by atoms with Gasteiger partial charge in [0.2, 0.25) is 0 Å². The first kappa shape index (κ1) is 14.0. The highest BCUT2D eigenvalue weighted by Crippen LogP contribution is 2.25. The minimum atomic E-state index is 0.489. The smallest absolute Gasteiger partial charge is 0.00464 e. The minimum Gasteiger partial charge on any atom is -0.317 e. The molecule has 0 saturated heterocycles. The molecule has 0 bridgehead atoms. The molecule has 0 spiro atoms. The van der Waals surface area contributed by atoms with E-state index in [0.29, 0.717) is 5.41 Å². The summed E-state index contributed by atoms with van der Waals surface area (Å²) in [5.41, 5.74) is 0.489. The van der Waals surface area contributed by atoms with Crippen molar-refractivity contribution in [2.45, 2.75) is 60.3 Å². The molecule has 14 heavy (non-hydrogen) atoms. The number of hydrogen-bond donors (Lipinski definition) is 1. The molecule has 0 aromatic rings. The van der Waals surface area contributed by atoms with Crippen molar-refractivity contribution in [3.05, 3.63) is 0 Å². The van der Waals surface area contributed by atoms with E-state index in [9.17, 15) is 0 Å². The van der Waals surface area contributed by atoms with Gasteiger partial charge in [-0.2, -0.15) is 0 Å². The Morgan fingerprint density at radius 1 is 1.14 bits per heavy atom. The van der Waals surface area contributed by atoms with Gasteiger partial charge in [-0.15, -0.1) is 0 Å². The predicted molar refractivity (Wildman–Crippen MR) is 65.6 cm³/mol. The van der Waals surface area contributed by atoms with Crippen LogP contribution < -0.4 is 5.32 Å². The summed E-state index contributed by atoms with van der Waals surface area (Å²) in [6.45, 7) is 14.0. The third kappa shape index (κ3) is 10.0. The van der Waals surface area contributed by atoms with E-state index in [4.69, 9.17) is 0 Å². The number of nitrogens with one attached hydrogen (secondary N) is 1. The summed E-state index contributed by atoms with van der Waals surface area (Å²) >= 11 is 0. The molecule has 0 heterocycles. The van der Waals surface area contributed by atoms with E-state index in [1.165, 1.54) is 38.8 Å². The van der Waals surface area contributed by atoms with E-state index in [-0.39, 0.29) is 0 Å². The lowest BCUT2D eigenvalue weighted by Crippen LogP contribution is -2.20. The molecule has 1 atom stereocenters. The highest BCUT2D eigenvalue weighted by Gasteiger charge is 2.14. The molecule has 0 aliphatic rings. The topological polar surface area (TPSA) is 12.0 Å². The van der Waals surface area contributed by atoms with E-state index < -0.39 is 0 Å². The van der Waals surface area contributed by atoms with Gasteiger partial charge in [0, 0.05) is 0 Å². The van der Waals surface area contributed by atoms with Crippen molar-refractivity contribution >= 4 is 0 Å². The lowest BCUT2D eigenvalue weighted by atomic mass is 9.84. The second-order valence-electron chi connectivity index (χ2n) is 5.76. The van der Waals surface area contributed by atoms with Gasteiger partial charge in [-0.3, -0.25) is 0 Å². The van der Waals surface area contributed by atoms with Crippen molar-refractivity contribution in [3.63, 3.8) is 0 Å². The third-order valence-corrected chi connectivity index (χ3v) is 2.48. The summed E-state index contributed by atoms with van der Waals surface area (Å²) in [4.78, 5) is 0. The molecular weight excluding hydrogens is 170 g/mol. The SMILES string of the molecule is CCCCNCCC(C)CC(C)(C)C. The molecule has 0 aromatic heterocycles. The zero-order chi connectivity index (χ0) is 11.0. The van der Waals surface area contributed by atoms with Crippen molar-refractivity contribution < 1.29 is 0 Å². The van der Waals surface area contributed by atoms with Gasteiger partial charge in [0.15, 0.2) is 0 Å². The number of unbranched alkanes of at least 4 members (excludes halogenated alkanes) is 1. The lowest BCUT2D eigenvalue weighted by molar-refractivity contribution is 0.294. The van der Waals surface area contributed by atoms with Crippen LogP contribution in [0.15, 0.2) is 0 Å². The molecule has 1 nitrogen and oxygen atoms in total. The second-order valence-corrected chi connectivity index (χ2v) is 5.76. The van der Waals surface area contributed by atoms with Crippen molar-refractivity contribution in [2.24, 2.45) is 11.3 Å². The summed E-state index contributed by atoms with van der Waals surface area (Å²) < 4.78 is 0. The number of rotatable bonds is 7. The molecule has 0 aliphatic heterocycles. The zero-order valence-electron chi connectivity index (χ0n) is 10.8. The Bertz CT molecular complexity index is 124. The van der Waals surface area contributed by atoms with Crippen molar-refractivity contribution in [1.82, 2.24) is 5.32 Å². The standard InChI is InChI=1S/C13H29N/c1-6-7-9-14-10-8-12(2)11-13(3,4)5/h12,14H,6-11H2,1-5H3.